The molecule has 1 aliphatic heterocycles. The second-order valence-corrected chi connectivity index (χ2v) is 14.4. The van der Waals surface area contributed by atoms with E-state index in [2.05, 4.69) is 54.7 Å². The van der Waals surface area contributed by atoms with Crippen LogP contribution in [0.3, 0.4) is 0 Å². The maximum absolute atomic E-state index is 13.1. The monoisotopic (exact) mass is 731 g/mol. The number of urea groups is 1. The summed E-state index contributed by atoms with van der Waals surface area (Å²) in [5.74, 6) is -0.424. The number of likely N-dealkylation sites (tertiary alicyclic amines) is 1. The number of thiol groups is 1. The summed E-state index contributed by atoms with van der Waals surface area (Å²) in [4.78, 5) is 74.0. The summed E-state index contributed by atoms with van der Waals surface area (Å²) < 4.78 is 2.29. The van der Waals surface area contributed by atoms with E-state index in [1.807, 2.05) is 62.3 Å². The Kier molecular flexibility index (Phi) is 28.9. The van der Waals surface area contributed by atoms with Crippen LogP contribution in [-0.2, 0) is 24.0 Å². The van der Waals surface area contributed by atoms with E-state index >= 15 is 0 Å². The minimum Gasteiger partial charge on any atom is -0.363 e. The van der Waals surface area contributed by atoms with Crippen LogP contribution in [0.5, 0.6) is 0 Å². The van der Waals surface area contributed by atoms with Crippen LogP contribution in [0.2, 0.25) is 0 Å². The number of Topliss-reactive ketones (excluding diaryl/α,β-unsaturated/α-hetero) is 1. The van der Waals surface area contributed by atoms with Gasteiger partial charge in [-0.05, 0) is 55.8 Å². The Bertz CT molecular complexity index is 997. The van der Waals surface area contributed by atoms with Crippen LogP contribution in [0.4, 0.5) is 4.79 Å². The summed E-state index contributed by atoms with van der Waals surface area (Å²) in [7, 11) is 1.77. The van der Waals surface area contributed by atoms with Gasteiger partial charge in [-0.3, -0.25) is 23.9 Å². The van der Waals surface area contributed by atoms with E-state index in [9.17, 15) is 28.8 Å². The van der Waals surface area contributed by atoms with Crippen molar-refractivity contribution in [2.24, 2.45) is 28.9 Å². The normalized spacial score (nSPS) is 17.7. The third-order valence-electron chi connectivity index (χ3n) is 7.65. The van der Waals surface area contributed by atoms with Crippen LogP contribution in [0.25, 0.3) is 0 Å². The van der Waals surface area contributed by atoms with Crippen molar-refractivity contribution in [1.82, 2.24) is 25.2 Å². The van der Waals surface area contributed by atoms with Gasteiger partial charge in [-0.25, -0.2) is 4.79 Å². The van der Waals surface area contributed by atoms with E-state index in [1.165, 1.54) is 26.2 Å². The second kappa shape index (κ2) is 28.0. The van der Waals surface area contributed by atoms with Crippen molar-refractivity contribution in [3.63, 3.8) is 0 Å². The molecule has 0 spiro atoms. The lowest BCUT2D eigenvalue weighted by Crippen LogP contribution is -2.60. The molecule has 0 aromatic carbocycles. The lowest BCUT2D eigenvalue weighted by atomic mass is 9.85. The highest BCUT2D eigenvalue weighted by Gasteiger charge is 2.40. The molecule has 1 saturated heterocycles. The first-order chi connectivity index (χ1) is 23.4. The summed E-state index contributed by atoms with van der Waals surface area (Å²) in [6.07, 6.45) is 8.73. The maximum Gasteiger partial charge on any atom is 0.316 e. The molecule has 12 nitrogen and oxygen atoms in total. The Morgan fingerprint density at radius 2 is 1.42 bits per heavy atom. The highest BCUT2D eigenvalue weighted by atomic mass is 32.1. The average molecular weight is 731 g/mol. The van der Waals surface area contributed by atoms with Gasteiger partial charge in [0.05, 0.1) is 12.1 Å². The molecular weight excluding hydrogens is 657 g/mol. The molecule has 2 saturated carbocycles. The van der Waals surface area contributed by atoms with Crippen molar-refractivity contribution in [3.05, 3.63) is 0 Å². The van der Waals surface area contributed by atoms with E-state index in [0.717, 1.165) is 31.5 Å². The SMILES string of the molecule is CC.CC.CC(C)C(NC(=O)NC(C(=O)N1CCC[C@H]1C=O)C(C)(C)C)C(=O)N(C)CC1CC1.CC(NS)C(=O)C(N)=O.CC1CC1.CCC. The zero-order valence-electron chi connectivity index (χ0n) is 33.9. The van der Waals surface area contributed by atoms with Crippen molar-refractivity contribution >= 4 is 48.6 Å². The number of amides is 5. The van der Waals surface area contributed by atoms with E-state index < -0.39 is 47.3 Å². The molecule has 5 N–H and O–H groups in total. The van der Waals surface area contributed by atoms with E-state index in [4.69, 9.17) is 0 Å². The highest BCUT2D eigenvalue weighted by Crippen LogP contribution is 2.30. The van der Waals surface area contributed by atoms with Crippen molar-refractivity contribution in [2.45, 2.75) is 159 Å². The number of primary amides is 1. The molecule has 4 atom stereocenters. The van der Waals surface area contributed by atoms with E-state index in [0.29, 0.717) is 25.4 Å². The molecule has 3 unspecified atom stereocenters. The first kappa shape index (κ1) is 51.7. The highest BCUT2D eigenvalue weighted by molar-refractivity contribution is 7.78. The lowest BCUT2D eigenvalue weighted by molar-refractivity contribution is -0.138. The van der Waals surface area contributed by atoms with Crippen LogP contribution >= 0.6 is 12.8 Å². The fourth-order valence-corrected chi connectivity index (χ4v) is 4.42. The number of nitrogens with zero attached hydrogens (tertiary/aromatic N) is 2. The maximum atomic E-state index is 13.1. The number of likely N-dealkylation sites (N-methyl/N-ethyl adjacent to an activating group) is 1. The van der Waals surface area contributed by atoms with Gasteiger partial charge in [0.15, 0.2) is 0 Å². The number of rotatable bonds is 11. The summed E-state index contributed by atoms with van der Waals surface area (Å²) in [5, 5.41) is 5.57. The van der Waals surface area contributed by atoms with Gasteiger partial charge >= 0.3 is 6.03 Å². The quantitative estimate of drug-likeness (QED) is 0.106. The van der Waals surface area contributed by atoms with Crippen LogP contribution in [0.1, 0.15) is 135 Å². The molecule has 0 radical (unpaired) electrons. The zero-order chi connectivity index (χ0) is 39.8. The van der Waals surface area contributed by atoms with Gasteiger partial charge in [-0.2, -0.15) is 0 Å². The molecule has 0 bridgehead atoms. The molecule has 294 valence electrons. The van der Waals surface area contributed by atoms with Gasteiger partial charge in [0, 0.05) is 20.1 Å². The molecule has 3 aliphatic rings. The number of hydrogen-bond donors (Lipinski definition) is 5. The summed E-state index contributed by atoms with van der Waals surface area (Å²) >= 11 is 3.57. The zero-order valence-corrected chi connectivity index (χ0v) is 34.7. The standard InChI is InChI=1S/C22H38N4O4.C4H8N2O2S.C4H8.C3H8.2C2H6/c1-14(2)17(19(28)25(6)12-15-9-10-15)23-21(30)24-18(22(3,4)5)20(29)26-11-7-8-16(26)13-27;1-2(6-9)3(7)4(5)8;1-4-2-3-4;1-3-2;2*1-2/h13-18H,7-12H2,1-6H3,(H2,23,24,30);2,6,9H,1H3,(H2,5,8);4H,2-3H2,1H3;3H2,1-2H3;2*1-2H3/t16-,17?,18?;;;;;/m0...../s1. The van der Waals surface area contributed by atoms with Gasteiger partial charge in [-0.15, -0.1) is 0 Å². The number of carbonyl (C=O) groups excluding carboxylic acids is 6. The number of ketones is 1. The van der Waals surface area contributed by atoms with Gasteiger partial charge in [0.2, 0.25) is 17.6 Å². The average Bonchev–Trinajstić information content (AvgIpc) is 4.01. The second-order valence-electron chi connectivity index (χ2n) is 14.1. The number of nitrogens with two attached hydrogens (primary N) is 1. The Labute approximate surface area is 310 Å². The lowest BCUT2D eigenvalue weighted by Gasteiger charge is -2.35. The van der Waals surface area contributed by atoms with Crippen molar-refractivity contribution < 1.29 is 28.8 Å². The van der Waals surface area contributed by atoms with Crippen molar-refractivity contribution in [2.75, 3.05) is 20.1 Å². The van der Waals surface area contributed by atoms with E-state index in [1.54, 1.807) is 16.8 Å². The molecule has 50 heavy (non-hydrogen) atoms. The van der Waals surface area contributed by atoms with Gasteiger partial charge in [0.1, 0.15) is 18.4 Å². The summed E-state index contributed by atoms with van der Waals surface area (Å²) in [5.41, 5.74) is 4.10. The molecule has 3 rings (SSSR count). The third-order valence-corrected chi connectivity index (χ3v) is 8.04. The Balaban J connectivity index is -0.000000901. The largest absolute Gasteiger partial charge is 0.363 e. The molecule has 1 heterocycles. The number of nitrogens with one attached hydrogen (secondary N) is 3. The first-order valence-corrected chi connectivity index (χ1v) is 19.1. The number of aldehydes is 1. The minimum absolute atomic E-state index is 0.0910. The van der Waals surface area contributed by atoms with E-state index in [-0.39, 0.29) is 17.7 Å². The smallest absolute Gasteiger partial charge is 0.316 e. The molecule has 0 aromatic heterocycles. The number of hydrogen-bond acceptors (Lipinski definition) is 8. The van der Waals surface area contributed by atoms with Crippen molar-refractivity contribution in [3.8, 4) is 0 Å². The Morgan fingerprint density at radius 3 is 1.74 bits per heavy atom. The van der Waals surface area contributed by atoms with Gasteiger partial charge < -0.3 is 31.0 Å². The fourth-order valence-electron chi connectivity index (χ4n) is 4.30. The molecule has 3 fully saturated rings. The van der Waals surface area contributed by atoms with Crippen molar-refractivity contribution in [1.29, 1.82) is 0 Å². The predicted octanol–water partition coefficient (Wildman–Crippen LogP) is 5.53. The topological polar surface area (TPSA) is 171 Å². The Morgan fingerprint density at radius 1 is 0.940 bits per heavy atom. The predicted molar refractivity (Wildman–Crippen MR) is 208 cm³/mol. The number of carbonyl (C=O) groups is 6. The fraction of sp³-hybridized carbons (Fsp3) is 0.838. The molecular formula is C37H74N6O6S. The van der Waals surface area contributed by atoms with Crippen LogP contribution < -0.4 is 21.1 Å². The molecule has 0 aromatic rings. The van der Waals surface area contributed by atoms with Gasteiger partial charge in [-0.1, -0.05) is 115 Å². The first-order valence-electron chi connectivity index (χ1n) is 18.7. The summed E-state index contributed by atoms with van der Waals surface area (Å²) in [6, 6.07) is -3.06. The molecule has 13 heteroatoms. The summed E-state index contributed by atoms with van der Waals surface area (Å²) in [6.45, 7) is 26.6. The van der Waals surface area contributed by atoms with Crippen LogP contribution in [-0.4, -0.2) is 89.9 Å². The minimum atomic E-state index is -0.941. The Hall–Kier alpha value is -2.67. The van der Waals surface area contributed by atoms with Gasteiger partial charge in [0.25, 0.3) is 5.91 Å². The van der Waals surface area contributed by atoms with Crippen LogP contribution in [0, 0.1) is 23.2 Å². The molecule has 5 amide bonds. The van der Waals surface area contributed by atoms with Crippen LogP contribution in [0.15, 0.2) is 0 Å². The molecule has 2 aliphatic carbocycles. The third kappa shape index (κ3) is 22.2.